The molecule has 0 atom stereocenters. The van der Waals surface area contributed by atoms with Crippen molar-refractivity contribution in [3.05, 3.63) is 29.0 Å². The molecular weight excluding hydrogens is 439 g/mol. The van der Waals surface area contributed by atoms with Crippen LogP contribution >= 0.6 is 35.6 Å². The molecule has 1 saturated carbocycles. The first kappa shape index (κ1) is 21.4. The first-order valence-electron chi connectivity index (χ1n) is 8.29. The highest BCUT2D eigenvalue weighted by atomic mass is 127. The van der Waals surface area contributed by atoms with E-state index in [4.69, 9.17) is 21.3 Å². The molecule has 1 fully saturated rings. The van der Waals surface area contributed by atoms with Crippen molar-refractivity contribution in [2.45, 2.75) is 32.6 Å². The minimum absolute atomic E-state index is 0. The average Bonchev–Trinajstić information content (AvgIpc) is 3.33. The number of aliphatic imine (C=N–C) groups is 1. The normalized spacial score (nSPS) is 15.5. The van der Waals surface area contributed by atoms with Crippen LogP contribution in [0.25, 0.3) is 0 Å². The van der Waals surface area contributed by atoms with Crippen LogP contribution in [0.15, 0.2) is 23.3 Å². The van der Waals surface area contributed by atoms with Crippen LogP contribution in [0, 0.1) is 5.41 Å². The van der Waals surface area contributed by atoms with Crippen LogP contribution < -0.4 is 10.6 Å². The van der Waals surface area contributed by atoms with Gasteiger partial charge in [-0.05, 0) is 49.7 Å². The van der Waals surface area contributed by atoms with E-state index < -0.39 is 0 Å². The van der Waals surface area contributed by atoms with E-state index >= 15 is 0 Å². The summed E-state index contributed by atoms with van der Waals surface area (Å²) in [6.07, 6.45) is 6.33. The Labute approximate surface area is 167 Å². The number of pyridine rings is 1. The molecule has 0 spiro atoms. The topological polar surface area (TPSA) is 58.5 Å². The number of aromatic nitrogens is 1. The molecule has 0 aromatic carbocycles. The van der Waals surface area contributed by atoms with E-state index in [9.17, 15) is 0 Å². The molecule has 136 valence electrons. The Balaban J connectivity index is 0.00000288. The van der Waals surface area contributed by atoms with Crippen LogP contribution in [-0.2, 0) is 11.2 Å². The van der Waals surface area contributed by atoms with Crippen LogP contribution in [-0.4, -0.2) is 44.3 Å². The molecule has 0 saturated heterocycles. The monoisotopic (exact) mass is 466 g/mol. The number of hydrogen-bond acceptors (Lipinski definition) is 3. The maximum absolute atomic E-state index is 5.80. The van der Waals surface area contributed by atoms with Crippen molar-refractivity contribution in [1.82, 2.24) is 15.6 Å². The Morgan fingerprint density at radius 2 is 2.17 bits per heavy atom. The van der Waals surface area contributed by atoms with Gasteiger partial charge in [-0.25, -0.2) is 4.98 Å². The standard InChI is InChI=1S/C17H27ClN4O.HI/c1-3-19-16(22-13-17(7-8-17)9-11-23-2)20-10-6-14-4-5-15(18)21-12-14;/h4-5,12H,3,6-11,13H2,1-2H3,(H2,19,20,22);1H. The van der Waals surface area contributed by atoms with Crippen molar-refractivity contribution < 1.29 is 4.74 Å². The number of hydrogen-bond donors (Lipinski definition) is 2. The summed E-state index contributed by atoms with van der Waals surface area (Å²) >= 11 is 5.80. The largest absolute Gasteiger partial charge is 0.385 e. The zero-order valence-corrected chi connectivity index (χ0v) is 17.6. The molecule has 0 aliphatic heterocycles. The van der Waals surface area contributed by atoms with Gasteiger partial charge in [0.2, 0.25) is 0 Å². The Bertz CT molecular complexity index is 506. The lowest BCUT2D eigenvalue weighted by atomic mass is 10.0. The molecule has 1 aliphatic carbocycles. The molecule has 1 heterocycles. The number of methoxy groups -OCH3 is 1. The van der Waals surface area contributed by atoms with Crippen molar-refractivity contribution in [3.63, 3.8) is 0 Å². The summed E-state index contributed by atoms with van der Waals surface area (Å²) in [6.45, 7) is 5.45. The van der Waals surface area contributed by atoms with Gasteiger partial charge in [0.15, 0.2) is 5.96 Å². The second-order valence-electron chi connectivity index (χ2n) is 6.10. The molecule has 2 rings (SSSR count). The van der Waals surface area contributed by atoms with Gasteiger partial charge in [0.05, 0.1) is 0 Å². The fourth-order valence-corrected chi connectivity index (χ4v) is 2.56. The van der Waals surface area contributed by atoms with Gasteiger partial charge in [-0.15, -0.1) is 24.0 Å². The Morgan fingerprint density at radius 1 is 1.38 bits per heavy atom. The maximum atomic E-state index is 5.80. The molecule has 24 heavy (non-hydrogen) atoms. The molecule has 1 aromatic rings. The smallest absolute Gasteiger partial charge is 0.191 e. The highest BCUT2D eigenvalue weighted by Crippen LogP contribution is 2.48. The Hall–Kier alpha value is -0.600. The van der Waals surface area contributed by atoms with Crippen LogP contribution in [0.2, 0.25) is 5.15 Å². The quantitative estimate of drug-likeness (QED) is 0.254. The fourth-order valence-electron chi connectivity index (χ4n) is 2.45. The third kappa shape index (κ3) is 7.53. The van der Waals surface area contributed by atoms with Gasteiger partial charge in [0, 0.05) is 39.5 Å². The zero-order valence-electron chi connectivity index (χ0n) is 14.5. The summed E-state index contributed by atoms with van der Waals surface area (Å²) in [4.78, 5) is 8.85. The summed E-state index contributed by atoms with van der Waals surface area (Å²) in [7, 11) is 1.76. The second-order valence-corrected chi connectivity index (χ2v) is 6.49. The number of nitrogens with zero attached hydrogens (tertiary/aromatic N) is 2. The van der Waals surface area contributed by atoms with Gasteiger partial charge >= 0.3 is 0 Å². The number of rotatable bonds is 9. The van der Waals surface area contributed by atoms with Gasteiger partial charge in [-0.2, -0.15) is 0 Å². The minimum atomic E-state index is 0. The summed E-state index contributed by atoms with van der Waals surface area (Å²) in [5, 5.41) is 7.22. The van der Waals surface area contributed by atoms with Crippen LogP contribution in [0.1, 0.15) is 31.7 Å². The first-order chi connectivity index (χ1) is 11.2. The first-order valence-corrected chi connectivity index (χ1v) is 8.67. The minimum Gasteiger partial charge on any atom is -0.385 e. The molecular formula is C17H28ClIN4O. The van der Waals surface area contributed by atoms with Gasteiger partial charge in [-0.3, -0.25) is 4.99 Å². The molecule has 7 heteroatoms. The summed E-state index contributed by atoms with van der Waals surface area (Å²) < 4.78 is 5.20. The van der Waals surface area contributed by atoms with Crippen molar-refractivity contribution in [2.24, 2.45) is 10.4 Å². The summed E-state index contributed by atoms with van der Waals surface area (Å²) in [5.74, 6) is 0.887. The average molecular weight is 467 g/mol. The van der Waals surface area contributed by atoms with E-state index in [1.807, 2.05) is 18.3 Å². The predicted molar refractivity (Wildman–Crippen MR) is 111 cm³/mol. The highest BCUT2D eigenvalue weighted by molar-refractivity contribution is 14.0. The summed E-state index contributed by atoms with van der Waals surface area (Å²) in [6, 6.07) is 3.83. The second kappa shape index (κ2) is 11.1. The van der Waals surface area contributed by atoms with E-state index in [-0.39, 0.29) is 24.0 Å². The molecule has 0 amide bonds. The van der Waals surface area contributed by atoms with Crippen LogP contribution in [0.4, 0.5) is 0 Å². The fraction of sp³-hybridized carbons (Fsp3) is 0.647. The van der Waals surface area contributed by atoms with Crippen LogP contribution in [0.5, 0.6) is 0 Å². The van der Waals surface area contributed by atoms with Gasteiger partial charge < -0.3 is 15.4 Å². The van der Waals surface area contributed by atoms with Crippen molar-refractivity contribution in [2.75, 3.05) is 33.4 Å². The number of halogens is 2. The lowest BCUT2D eigenvalue weighted by Crippen LogP contribution is -2.38. The van der Waals surface area contributed by atoms with Crippen molar-refractivity contribution >= 4 is 41.5 Å². The maximum Gasteiger partial charge on any atom is 0.191 e. The molecule has 0 bridgehead atoms. The predicted octanol–water partition coefficient (Wildman–Crippen LogP) is 3.27. The van der Waals surface area contributed by atoms with E-state index in [0.717, 1.165) is 50.6 Å². The highest BCUT2D eigenvalue weighted by Gasteiger charge is 2.41. The molecule has 0 radical (unpaired) electrons. The molecule has 1 aromatic heterocycles. The number of nitrogens with one attached hydrogen (secondary N) is 2. The third-order valence-electron chi connectivity index (χ3n) is 4.21. The lowest BCUT2D eigenvalue weighted by Gasteiger charge is -2.15. The molecule has 5 nitrogen and oxygen atoms in total. The van der Waals surface area contributed by atoms with Gasteiger partial charge in [0.1, 0.15) is 5.15 Å². The SMILES string of the molecule is CCNC(=NCC1(CCOC)CC1)NCCc1ccc(Cl)nc1.I. The molecule has 2 N–H and O–H groups in total. The zero-order chi connectivity index (χ0) is 16.5. The van der Waals surface area contributed by atoms with E-state index in [1.54, 1.807) is 7.11 Å². The molecule has 0 unspecified atom stereocenters. The van der Waals surface area contributed by atoms with E-state index in [0.29, 0.717) is 10.6 Å². The third-order valence-corrected chi connectivity index (χ3v) is 4.43. The van der Waals surface area contributed by atoms with Crippen molar-refractivity contribution in [1.29, 1.82) is 0 Å². The van der Waals surface area contributed by atoms with Gasteiger partial charge in [-0.1, -0.05) is 17.7 Å². The lowest BCUT2D eigenvalue weighted by molar-refractivity contribution is 0.174. The Morgan fingerprint density at radius 3 is 2.75 bits per heavy atom. The van der Waals surface area contributed by atoms with Crippen LogP contribution in [0.3, 0.4) is 0 Å². The van der Waals surface area contributed by atoms with E-state index in [1.165, 1.54) is 12.8 Å². The molecule has 1 aliphatic rings. The number of ether oxygens (including phenoxy) is 1. The van der Waals surface area contributed by atoms with Crippen molar-refractivity contribution in [3.8, 4) is 0 Å². The van der Waals surface area contributed by atoms with Gasteiger partial charge in [0.25, 0.3) is 0 Å². The summed E-state index contributed by atoms with van der Waals surface area (Å²) in [5.41, 5.74) is 1.54. The number of guanidine groups is 1. The van der Waals surface area contributed by atoms with E-state index in [2.05, 4.69) is 22.5 Å². The Kier molecular flexibility index (Phi) is 9.92.